The van der Waals surface area contributed by atoms with Crippen LogP contribution < -0.4 is 4.74 Å². The van der Waals surface area contributed by atoms with Crippen LogP contribution in [0.1, 0.15) is 38.7 Å². The van der Waals surface area contributed by atoms with Gasteiger partial charge in [0.1, 0.15) is 11.8 Å². The number of rotatable bonds is 4. The van der Waals surface area contributed by atoms with E-state index >= 15 is 0 Å². The summed E-state index contributed by atoms with van der Waals surface area (Å²) in [5.74, 6) is 0.302. The van der Waals surface area contributed by atoms with Crippen molar-refractivity contribution in [2.45, 2.75) is 25.0 Å². The number of nitriles is 1. The monoisotopic (exact) mass is 461 g/mol. The van der Waals surface area contributed by atoms with Crippen LogP contribution in [0.25, 0.3) is 0 Å². The summed E-state index contributed by atoms with van der Waals surface area (Å²) in [6.07, 6.45) is 0.958. The van der Waals surface area contributed by atoms with Gasteiger partial charge in [0, 0.05) is 32.6 Å². The first kappa shape index (κ1) is 22.4. The van der Waals surface area contributed by atoms with Crippen LogP contribution in [0, 0.1) is 11.3 Å². The molecule has 0 aromatic heterocycles. The van der Waals surface area contributed by atoms with Crippen LogP contribution in [0.2, 0.25) is 0 Å². The number of fused-ring (bicyclic) bond motifs is 2. The molecule has 2 aromatic carbocycles. The lowest BCUT2D eigenvalue weighted by molar-refractivity contribution is -0.139. The molecular weight excluding hydrogens is 434 g/mol. The van der Waals surface area contributed by atoms with E-state index < -0.39 is 0 Å². The fraction of sp³-hybridized carbons (Fsp3) is 0.423. The van der Waals surface area contributed by atoms with Crippen molar-refractivity contribution in [2.75, 3.05) is 46.5 Å². The molecule has 1 amide bonds. The highest BCUT2D eigenvalue weighted by Crippen LogP contribution is 2.30. The van der Waals surface area contributed by atoms with E-state index in [0.29, 0.717) is 43.2 Å². The number of piperazine rings is 1. The van der Waals surface area contributed by atoms with Crippen molar-refractivity contribution in [1.82, 2.24) is 9.80 Å². The summed E-state index contributed by atoms with van der Waals surface area (Å²) >= 11 is 0. The Bertz CT molecular complexity index is 1160. The number of amides is 1. The smallest absolute Gasteiger partial charge is 0.338 e. The molecule has 8 heteroatoms. The van der Waals surface area contributed by atoms with E-state index in [-0.39, 0.29) is 30.4 Å². The van der Waals surface area contributed by atoms with Crippen molar-refractivity contribution in [3.8, 4) is 11.8 Å². The van der Waals surface area contributed by atoms with Gasteiger partial charge < -0.3 is 19.1 Å². The molecule has 0 radical (unpaired) electrons. The SMILES string of the molecule is COc1cc(CC(=O)N2CCN3C[C@H](c4ccc5c(c4)CCOC5=O)OC[C@H]3C2)ccc1C#N. The number of hydrogen-bond donors (Lipinski definition) is 0. The van der Waals surface area contributed by atoms with Gasteiger partial charge in [-0.25, -0.2) is 4.79 Å². The van der Waals surface area contributed by atoms with Crippen molar-refractivity contribution in [3.63, 3.8) is 0 Å². The summed E-state index contributed by atoms with van der Waals surface area (Å²) in [5.41, 5.74) is 4.05. The Labute approximate surface area is 198 Å². The van der Waals surface area contributed by atoms with Gasteiger partial charge in [-0.05, 0) is 34.9 Å². The minimum atomic E-state index is -0.252. The third-order valence-electron chi connectivity index (χ3n) is 6.91. The molecule has 3 aliphatic heterocycles. The van der Waals surface area contributed by atoms with Crippen LogP contribution in [-0.2, 0) is 27.1 Å². The second kappa shape index (κ2) is 9.45. The van der Waals surface area contributed by atoms with Crippen molar-refractivity contribution in [3.05, 3.63) is 64.2 Å². The lowest BCUT2D eigenvalue weighted by atomic mass is 9.96. The molecule has 8 nitrogen and oxygen atoms in total. The molecule has 0 bridgehead atoms. The van der Waals surface area contributed by atoms with Crippen LogP contribution in [0.15, 0.2) is 36.4 Å². The predicted octanol–water partition coefficient (Wildman–Crippen LogP) is 2.11. The molecular formula is C26H27N3O5. The van der Waals surface area contributed by atoms with Gasteiger partial charge in [-0.1, -0.05) is 18.2 Å². The number of ether oxygens (including phenoxy) is 3. The zero-order valence-electron chi connectivity index (χ0n) is 19.2. The molecule has 0 spiro atoms. The highest BCUT2D eigenvalue weighted by atomic mass is 16.5. The second-order valence-corrected chi connectivity index (χ2v) is 8.94. The van der Waals surface area contributed by atoms with E-state index in [1.165, 1.54) is 7.11 Å². The number of benzene rings is 2. The van der Waals surface area contributed by atoms with Gasteiger partial charge in [-0.2, -0.15) is 5.26 Å². The summed E-state index contributed by atoms with van der Waals surface area (Å²) in [7, 11) is 1.52. The topological polar surface area (TPSA) is 92.1 Å². The Balaban J connectivity index is 1.20. The molecule has 3 aliphatic rings. The van der Waals surface area contributed by atoms with Crippen molar-refractivity contribution in [2.24, 2.45) is 0 Å². The molecule has 2 fully saturated rings. The van der Waals surface area contributed by atoms with Crippen LogP contribution in [-0.4, -0.2) is 74.2 Å². The van der Waals surface area contributed by atoms with E-state index in [0.717, 1.165) is 36.2 Å². The molecule has 5 rings (SSSR count). The maximum absolute atomic E-state index is 13.0. The Morgan fingerprint density at radius 3 is 2.91 bits per heavy atom. The normalized spacial score (nSPS) is 22.2. The highest BCUT2D eigenvalue weighted by molar-refractivity contribution is 5.92. The summed E-state index contributed by atoms with van der Waals surface area (Å²) < 4.78 is 16.6. The first-order valence-electron chi connectivity index (χ1n) is 11.6. The molecule has 176 valence electrons. The fourth-order valence-corrected chi connectivity index (χ4v) is 4.99. The van der Waals surface area contributed by atoms with Gasteiger partial charge in [0.05, 0.1) is 50.0 Å². The van der Waals surface area contributed by atoms with Gasteiger partial charge in [-0.15, -0.1) is 0 Å². The summed E-state index contributed by atoms with van der Waals surface area (Å²) in [4.78, 5) is 29.2. The molecule has 0 N–H and O–H groups in total. The average molecular weight is 462 g/mol. The third kappa shape index (κ3) is 4.37. The van der Waals surface area contributed by atoms with Gasteiger partial charge in [-0.3, -0.25) is 9.69 Å². The van der Waals surface area contributed by atoms with Crippen LogP contribution in [0.3, 0.4) is 0 Å². The van der Waals surface area contributed by atoms with Gasteiger partial charge in [0.2, 0.25) is 5.91 Å². The standard InChI is InChI=1S/C26H27N3O5/c1-32-23-10-17(2-3-20(23)13-27)11-25(30)29-8-7-28-15-24(34-16-21(28)14-29)19-4-5-22-18(12-19)6-9-33-26(22)31/h2-5,10,12,21,24H,6-9,11,14-16H2,1H3/t21-,24-/m1/s1. The summed E-state index contributed by atoms with van der Waals surface area (Å²) in [6.45, 7) is 3.85. The van der Waals surface area contributed by atoms with Gasteiger partial charge in [0.15, 0.2) is 0 Å². The zero-order valence-corrected chi connectivity index (χ0v) is 19.2. The van der Waals surface area contributed by atoms with Gasteiger partial charge in [0.25, 0.3) is 0 Å². The zero-order chi connectivity index (χ0) is 23.7. The van der Waals surface area contributed by atoms with Crippen molar-refractivity contribution >= 4 is 11.9 Å². The average Bonchev–Trinajstić information content (AvgIpc) is 2.87. The van der Waals surface area contributed by atoms with E-state index in [1.807, 2.05) is 23.1 Å². The number of hydrogen-bond acceptors (Lipinski definition) is 7. The lowest BCUT2D eigenvalue weighted by Crippen LogP contribution is -2.59. The van der Waals surface area contributed by atoms with E-state index in [1.54, 1.807) is 12.1 Å². The van der Waals surface area contributed by atoms with Crippen LogP contribution in [0.4, 0.5) is 0 Å². The fourth-order valence-electron chi connectivity index (χ4n) is 4.99. The van der Waals surface area contributed by atoms with Gasteiger partial charge >= 0.3 is 5.97 Å². The molecule has 2 saturated heterocycles. The number of carbonyl (C=O) groups excluding carboxylic acids is 2. The van der Waals surface area contributed by atoms with Crippen molar-refractivity contribution in [1.29, 1.82) is 5.26 Å². The van der Waals surface area contributed by atoms with Crippen molar-refractivity contribution < 1.29 is 23.8 Å². The molecule has 34 heavy (non-hydrogen) atoms. The number of esters is 1. The largest absolute Gasteiger partial charge is 0.495 e. The number of morpholine rings is 1. The Hall–Kier alpha value is -3.41. The van der Waals surface area contributed by atoms with E-state index in [4.69, 9.17) is 19.5 Å². The quantitative estimate of drug-likeness (QED) is 0.644. The minimum Gasteiger partial charge on any atom is -0.495 e. The first-order valence-corrected chi connectivity index (χ1v) is 11.6. The number of carbonyl (C=O) groups is 2. The maximum Gasteiger partial charge on any atom is 0.338 e. The summed E-state index contributed by atoms with van der Waals surface area (Å²) in [5, 5.41) is 9.15. The first-order chi connectivity index (χ1) is 16.6. The minimum absolute atomic E-state index is 0.0483. The molecule has 0 saturated carbocycles. The molecule has 0 unspecified atom stereocenters. The predicted molar refractivity (Wildman–Crippen MR) is 122 cm³/mol. The maximum atomic E-state index is 13.0. The Kier molecular flexibility index (Phi) is 6.22. The number of methoxy groups -OCH3 is 1. The number of nitrogens with zero attached hydrogens (tertiary/aromatic N) is 3. The molecule has 0 aliphatic carbocycles. The van der Waals surface area contributed by atoms with Crippen LogP contribution >= 0.6 is 0 Å². The number of cyclic esters (lactones) is 1. The highest BCUT2D eigenvalue weighted by Gasteiger charge is 2.36. The molecule has 2 aromatic rings. The summed E-state index contributed by atoms with van der Waals surface area (Å²) in [6, 6.07) is 13.4. The van der Waals surface area contributed by atoms with E-state index in [9.17, 15) is 9.59 Å². The Morgan fingerprint density at radius 1 is 1.21 bits per heavy atom. The lowest BCUT2D eigenvalue weighted by Gasteiger charge is -2.46. The third-order valence-corrected chi connectivity index (χ3v) is 6.91. The van der Waals surface area contributed by atoms with Crippen LogP contribution in [0.5, 0.6) is 5.75 Å². The molecule has 3 heterocycles. The Morgan fingerprint density at radius 2 is 2.09 bits per heavy atom. The second-order valence-electron chi connectivity index (χ2n) is 8.94. The van der Waals surface area contributed by atoms with E-state index in [2.05, 4.69) is 17.0 Å². The molecule has 2 atom stereocenters.